The lowest BCUT2D eigenvalue weighted by atomic mass is 9.89. The molecule has 66 valence electrons. The van der Waals surface area contributed by atoms with Crippen LogP contribution >= 0.6 is 0 Å². The average molecular weight is 159 g/mol. The van der Waals surface area contributed by atoms with Crippen LogP contribution in [0.15, 0.2) is 0 Å². The largest absolute Gasteiger partial charge is 0.393 e. The third-order valence-corrected chi connectivity index (χ3v) is 2.07. The van der Waals surface area contributed by atoms with Gasteiger partial charge in [-0.05, 0) is 25.8 Å². The predicted molar refractivity (Wildman–Crippen MR) is 43.5 cm³/mol. The van der Waals surface area contributed by atoms with Gasteiger partial charge in [-0.15, -0.1) is 0 Å². The third kappa shape index (κ3) is 3.18. The normalized spacial score (nSPS) is 30.0. The van der Waals surface area contributed by atoms with Gasteiger partial charge >= 0.3 is 0 Å². The lowest BCUT2D eigenvalue weighted by Crippen LogP contribution is -2.44. The van der Waals surface area contributed by atoms with Gasteiger partial charge in [0.15, 0.2) is 0 Å². The first-order valence-electron chi connectivity index (χ1n) is 4.23. The molecule has 0 bridgehead atoms. The smallest absolute Gasteiger partial charge is 0.0570 e. The Hall–Kier alpha value is -0.120. The van der Waals surface area contributed by atoms with Crippen molar-refractivity contribution in [3.05, 3.63) is 0 Å². The van der Waals surface area contributed by atoms with Crippen molar-refractivity contribution in [1.29, 1.82) is 0 Å². The van der Waals surface area contributed by atoms with Gasteiger partial charge in [-0.3, -0.25) is 0 Å². The first-order valence-corrected chi connectivity index (χ1v) is 4.23. The highest BCUT2D eigenvalue weighted by Gasteiger charge is 2.25. The van der Waals surface area contributed by atoms with Crippen LogP contribution in [0.2, 0.25) is 0 Å². The van der Waals surface area contributed by atoms with E-state index in [1.54, 1.807) is 7.11 Å². The minimum Gasteiger partial charge on any atom is -0.393 e. The Morgan fingerprint density at radius 3 is 2.82 bits per heavy atom. The summed E-state index contributed by atoms with van der Waals surface area (Å²) in [6, 6.07) is 0.557. The number of methoxy groups -OCH3 is 1. The second-order valence-electron chi connectivity index (χ2n) is 3.12. The first-order chi connectivity index (χ1) is 5.33. The van der Waals surface area contributed by atoms with E-state index in [1.807, 2.05) is 0 Å². The molecule has 2 N–H and O–H groups in total. The van der Waals surface area contributed by atoms with Crippen molar-refractivity contribution in [1.82, 2.24) is 5.32 Å². The molecule has 1 fully saturated rings. The molecule has 1 rings (SSSR count). The van der Waals surface area contributed by atoms with Crippen molar-refractivity contribution >= 4 is 0 Å². The fourth-order valence-electron chi connectivity index (χ4n) is 1.28. The molecule has 0 heterocycles. The van der Waals surface area contributed by atoms with Gasteiger partial charge in [0.25, 0.3) is 0 Å². The van der Waals surface area contributed by atoms with Crippen molar-refractivity contribution in [2.24, 2.45) is 0 Å². The number of aliphatic hydroxyl groups is 1. The second kappa shape index (κ2) is 4.70. The van der Waals surface area contributed by atoms with E-state index in [2.05, 4.69) is 5.32 Å². The van der Waals surface area contributed by atoms with Crippen LogP contribution < -0.4 is 5.32 Å². The van der Waals surface area contributed by atoms with E-state index in [-0.39, 0.29) is 6.10 Å². The standard InChI is InChI=1S/C8H17NO2/c1-11-4-2-3-9-7-5-8(10)6-7/h7-10H,2-6H2,1H3. The SMILES string of the molecule is COCCCNC1CC(O)C1. The third-order valence-electron chi connectivity index (χ3n) is 2.07. The molecule has 0 aromatic heterocycles. The van der Waals surface area contributed by atoms with E-state index in [4.69, 9.17) is 9.84 Å². The molecule has 11 heavy (non-hydrogen) atoms. The number of hydrogen-bond acceptors (Lipinski definition) is 3. The van der Waals surface area contributed by atoms with Crippen molar-refractivity contribution < 1.29 is 9.84 Å². The summed E-state index contributed by atoms with van der Waals surface area (Å²) in [5.41, 5.74) is 0. The molecular weight excluding hydrogens is 142 g/mol. The average Bonchev–Trinajstić information content (AvgIpc) is 1.94. The highest BCUT2D eigenvalue weighted by atomic mass is 16.5. The number of hydrogen-bond donors (Lipinski definition) is 2. The zero-order valence-corrected chi connectivity index (χ0v) is 7.05. The Morgan fingerprint density at radius 1 is 1.55 bits per heavy atom. The van der Waals surface area contributed by atoms with Gasteiger partial charge in [-0.2, -0.15) is 0 Å². The maximum absolute atomic E-state index is 8.96. The molecule has 3 heteroatoms. The van der Waals surface area contributed by atoms with Gasteiger partial charge in [0.2, 0.25) is 0 Å². The predicted octanol–water partition coefficient (Wildman–Crippen LogP) is 0.136. The maximum Gasteiger partial charge on any atom is 0.0570 e. The molecule has 0 amide bonds. The Labute approximate surface area is 67.7 Å². The summed E-state index contributed by atoms with van der Waals surface area (Å²) < 4.78 is 4.91. The monoisotopic (exact) mass is 159 g/mol. The molecule has 0 aromatic rings. The molecule has 1 aliphatic carbocycles. The lowest BCUT2D eigenvalue weighted by Gasteiger charge is -2.32. The van der Waals surface area contributed by atoms with Gasteiger partial charge in [0.05, 0.1) is 6.10 Å². The summed E-state index contributed by atoms with van der Waals surface area (Å²) in [6.45, 7) is 1.83. The van der Waals surface area contributed by atoms with Crippen LogP contribution in [0, 0.1) is 0 Å². The van der Waals surface area contributed by atoms with E-state index in [0.717, 1.165) is 32.4 Å². The number of nitrogens with one attached hydrogen (secondary N) is 1. The lowest BCUT2D eigenvalue weighted by molar-refractivity contribution is 0.0616. The Morgan fingerprint density at radius 2 is 2.27 bits per heavy atom. The fourth-order valence-corrected chi connectivity index (χ4v) is 1.28. The van der Waals surface area contributed by atoms with Crippen LogP contribution in [0.5, 0.6) is 0 Å². The molecule has 1 saturated carbocycles. The molecule has 0 saturated heterocycles. The topological polar surface area (TPSA) is 41.5 Å². The summed E-state index contributed by atoms with van der Waals surface area (Å²) in [6.07, 6.45) is 2.86. The number of ether oxygens (including phenoxy) is 1. The molecule has 0 aliphatic heterocycles. The second-order valence-corrected chi connectivity index (χ2v) is 3.12. The Kier molecular flexibility index (Phi) is 3.83. The van der Waals surface area contributed by atoms with Crippen LogP contribution in [0.3, 0.4) is 0 Å². The van der Waals surface area contributed by atoms with Crippen LogP contribution in [0.4, 0.5) is 0 Å². The van der Waals surface area contributed by atoms with Gasteiger partial charge in [-0.1, -0.05) is 0 Å². The Balaban J connectivity index is 1.81. The summed E-state index contributed by atoms with van der Waals surface area (Å²) in [4.78, 5) is 0. The fraction of sp³-hybridized carbons (Fsp3) is 1.00. The molecular formula is C8H17NO2. The van der Waals surface area contributed by atoms with Crippen LogP contribution in [0.25, 0.3) is 0 Å². The maximum atomic E-state index is 8.96. The van der Waals surface area contributed by atoms with E-state index in [9.17, 15) is 0 Å². The van der Waals surface area contributed by atoms with Crippen LogP contribution in [0.1, 0.15) is 19.3 Å². The summed E-state index contributed by atoms with van der Waals surface area (Å²) in [5.74, 6) is 0. The minimum atomic E-state index is -0.0464. The number of aliphatic hydroxyl groups excluding tert-OH is 1. The quantitative estimate of drug-likeness (QED) is 0.560. The van der Waals surface area contributed by atoms with Crippen molar-refractivity contribution in [2.45, 2.75) is 31.4 Å². The highest BCUT2D eigenvalue weighted by molar-refractivity contribution is 4.84. The Bertz CT molecular complexity index is 102. The molecule has 3 nitrogen and oxygen atoms in total. The van der Waals surface area contributed by atoms with Gasteiger partial charge in [0.1, 0.15) is 0 Å². The van der Waals surface area contributed by atoms with E-state index < -0.39 is 0 Å². The molecule has 0 radical (unpaired) electrons. The van der Waals surface area contributed by atoms with Crippen LogP contribution in [-0.4, -0.2) is 37.5 Å². The van der Waals surface area contributed by atoms with E-state index in [1.165, 1.54) is 0 Å². The minimum absolute atomic E-state index is 0.0464. The molecule has 0 aromatic carbocycles. The molecule has 0 spiro atoms. The van der Waals surface area contributed by atoms with Gasteiger partial charge in [0, 0.05) is 19.8 Å². The summed E-state index contributed by atoms with van der Waals surface area (Å²) >= 11 is 0. The summed E-state index contributed by atoms with van der Waals surface area (Å²) in [5, 5.41) is 12.3. The molecule has 1 aliphatic rings. The molecule has 0 atom stereocenters. The van der Waals surface area contributed by atoms with Gasteiger partial charge < -0.3 is 15.2 Å². The molecule has 0 unspecified atom stereocenters. The van der Waals surface area contributed by atoms with E-state index >= 15 is 0 Å². The zero-order valence-electron chi connectivity index (χ0n) is 7.05. The van der Waals surface area contributed by atoms with Gasteiger partial charge in [-0.25, -0.2) is 0 Å². The van der Waals surface area contributed by atoms with Crippen molar-refractivity contribution in [3.63, 3.8) is 0 Å². The van der Waals surface area contributed by atoms with Crippen LogP contribution in [-0.2, 0) is 4.74 Å². The number of rotatable bonds is 5. The van der Waals surface area contributed by atoms with Crippen molar-refractivity contribution in [2.75, 3.05) is 20.3 Å². The van der Waals surface area contributed by atoms with E-state index in [0.29, 0.717) is 6.04 Å². The first kappa shape index (κ1) is 8.97. The summed E-state index contributed by atoms with van der Waals surface area (Å²) in [7, 11) is 1.72. The zero-order chi connectivity index (χ0) is 8.10. The highest BCUT2D eigenvalue weighted by Crippen LogP contribution is 2.18. The van der Waals surface area contributed by atoms with Crippen molar-refractivity contribution in [3.8, 4) is 0 Å².